The first kappa shape index (κ1) is 20.6. The van der Waals surface area contributed by atoms with Gasteiger partial charge in [-0.2, -0.15) is 4.31 Å². The van der Waals surface area contributed by atoms with Crippen molar-refractivity contribution in [2.24, 2.45) is 0 Å². The second-order valence-corrected chi connectivity index (χ2v) is 7.92. The van der Waals surface area contributed by atoms with Crippen LogP contribution in [0.3, 0.4) is 0 Å². The standard InChI is InChI=1S/C19H22N2O5S/c1-4-26-19(23)15-10-12-16(13-11-15)20-18(22)17(21(2)27(3,24)25)14-8-6-5-7-9-14/h5-13,17H,4H2,1-3H3,(H,20,22)/t17-/m1/s1. The van der Waals surface area contributed by atoms with E-state index in [-0.39, 0.29) is 6.61 Å². The number of esters is 1. The molecule has 8 heteroatoms. The molecule has 0 bridgehead atoms. The second-order valence-electron chi connectivity index (χ2n) is 5.88. The maximum absolute atomic E-state index is 12.8. The Bertz CT molecular complexity index is 895. The maximum atomic E-state index is 12.8. The van der Waals surface area contributed by atoms with Gasteiger partial charge >= 0.3 is 5.97 Å². The van der Waals surface area contributed by atoms with E-state index in [1.165, 1.54) is 19.2 Å². The molecule has 1 atom stereocenters. The van der Waals surface area contributed by atoms with Crippen molar-refractivity contribution in [3.63, 3.8) is 0 Å². The first-order valence-electron chi connectivity index (χ1n) is 8.30. The maximum Gasteiger partial charge on any atom is 0.338 e. The number of benzene rings is 2. The molecule has 0 saturated carbocycles. The van der Waals surface area contributed by atoms with Crippen LogP contribution in [0.5, 0.6) is 0 Å². The number of nitrogens with zero attached hydrogens (tertiary/aromatic N) is 1. The summed E-state index contributed by atoms with van der Waals surface area (Å²) in [6.45, 7) is 1.99. The van der Waals surface area contributed by atoms with Crippen LogP contribution in [0, 0.1) is 0 Å². The first-order valence-corrected chi connectivity index (χ1v) is 10.1. The van der Waals surface area contributed by atoms with Crippen molar-refractivity contribution >= 4 is 27.6 Å². The number of carbonyl (C=O) groups is 2. The predicted molar refractivity (Wildman–Crippen MR) is 103 cm³/mol. The van der Waals surface area contributed by atoms with Gasteiger partial charge in [-0.1, -0.05) is 30.3 Å². The van der Waals surface area contributed by atoms with E-state index < -0.39 is 27.9 Å². The second kappa shape index (κ2) is 8.79. The molecule has 27 heavy (non-hydrogen) atoms. The average molecular weight is 390 g/mol. The Morgan fingerprint density at radius 3 is 2.19 bits per heavy atom. The molecule has 0 aliphatic heterocycles. The Morgan fingerprint density at radius 1 is 1.07 bits per heavy atom. The van der Waals surface area contributed by atoms with Crippen LogP contribution in [0.15, 0.2) is 54.6 Å². The summed E-state index contributed by atoms with van der Waals surface area (Å²) in [6.07, 6.45) is 1.05. The molecule has 0 unspecified atom stereocenters. The first-order chi connectivity index (χ1) is 12.7. The lowest BCUT2D eigenvalue weighted by atomic mass is 10.1. The minimum absolute atomic E-state index is 0.272. The van der Waals surface area contributed by atoms with Gasteiger partial charge in [0.2, 0.25) is 15.9 Å². The van der Waals surface area contributed by atoms with Crippen LogP contribution >= 0.6 is 0 Å². The zero-order valence-electron chi connectivity index (χ0n) is 15.4. The fraction of sp³-hybridized carbons (Fsp3) is 0.263. The predicted octanol–water partition coefficient (Wildman–Crippen LogP) is 2.43. The molecule has 0 aliphatic carbocycles. The normalized spacial score (nSPS) is 12.4. The van der Waals surface area contributed by atoms with Crippen molar-refractivity contribution in [2.45, 2.75) is 13.0 Å². The van der Waals surface area contributed by atoms with E-state index in [2.05, 4.69) is 5.32 Å². The third kappa shape index (κ3) is 5.38. The number of ether oxygens (including phenoxy) is 1. The SMILES string of the molecule is CCOC(=O)c1ccc(NC(=O)[C@@H](c2ccccc2)N(C)S(C)(=O)=O)cc1. The molecule has 2 aromatic carbocycles. The fourth-order valence-electron chi connectivity index (χ4n) is 2.47. The van der Waals surface area contributed by atoms with Crippen molar-refractivity contribution in [1.29, 1.82) is 0 Å². The number of carbonyl (C=O) groups excluding carboxylic acids is 2. The zero-order chi connectivity index (χ0) is 20.0. The lowest BCUT2D eigenvalue weighted by molar-refractivity contribution is -0.119. The number of hydrogen-bond acceptors (Lipinski definition) is 5. The quantitative estimate of drug-likeness (QED) is 0.733. The van der Waals surface area contributed by atoms with E-state index in [0.29, 0.717) is 16.8 Å². The monoisotopic (exact) mass is 390 g/mol. The molecule has 2 aromatic rings. The van der Waals surface area contributed by atoms with E-state index in [1.54, 1.807) is 49.4 Å². The smallest absolute Gasteiger partial charge is 0.338 e. The van der Waals surface area contributed by atoms with Crippen LogP contribution in [0.1, 0.15) is 28.9 Å². The Balaban J connectivity index is 2.25. The van der Waals surface area contributed by atoms with E-state index >= 15 is 0 Å². The van der Waals surface area contributed by atoms with Crippen LogP contribution in [-0.4, -0.2) is 44.5 Å². The molecule has 1 N–H and O–H groups in total. The molecule has 0 radical (unpaired) electrons. The van der Waals surface area contributed by atoms with Crippen LogP contribution in [-0.2, 0) is 19.6 Å². The van der Waals surface area contributed by atoms with Gasteiger partial charge < -0.3 is 10.1 Å². The molecule has 0 aliphatic rings. The Kier molecular flexibility index (Phi) is 6.70. The van der Waals surface area contributed by atoms with E-state index in [9.17, 15) is 18.0 Å². The summed E-state index contributed by atoms with van der Waals surface area (Å²) < 4.78 is 29.9. The molecule has 7 nitrogen and oxygen atoms in total. The number of amides is 1. The van der Waals surface area contributed by atoms with Crippen LogP contribution < -0.4 is 5.32 Å². The number of nitrogens with one attached hydrogen (secondary N) is 1. The average Bonchev–Trinajstić information content (AvgIpc) is 2.63. The molecule has 2 rings (SSSR count). The molecule has 0 heterocycles. The Hall–Kier alpha value is -2.71. The summed E-state index contributed by atoms with van der Waals surface area (Å²) >= 11 is 0. The van der Waals surface area contributed by atoms with Crippen molar-refractivity contribution in [3.05, 3.63) is 65.7 Å². The number of rotatable bonds is 7. The molecule has 0 fully saturated rings. The summed E-state index contributed by atoms with van der Waals surface area (Å²) in [5, 5.41) is 2.69. The van der Waals surface area contributed by atoms with Gasteiger partial charge in [0.1, 0.15) is 6.04 Å². The molecule has 0 spiro atoms. The summed E-state index contributed by atoms with van der Waals surface area (Å²) in [5.41, 5.74) is 1.35. The summed E-state index contributed by atoms with van der Waals surface area (Å²) in [7, 11) is -2.24. The summed E-state index contributed by atoms with van der Waals surface area (Å²) in [4.78, 5) is 24.5. The molecular weight excluding hydrogens is 368 g/mol. The highest BCUT2D eigenvalue weighted by Crippen LogP contribution is 2.24. The molecule has 1 amide bonds. The van der Waals surface area contributed by atoms with Gasteiger partial charge in [-0.25, -0.2) is 13.2 Å². The number of hydrogen-bond donors (Lipinski definition) is 1. The van der Waals surface area contributed by atoms with E-state index in [1.807, 2.05) is 0 Å². The highest BCUT2D eigenvalue weighted by molar-refractivity contribution is 7.88. The molecule has 0 aromatic heterocycles. The minimum atomic E-state index is -3.60. The van der Waals surface area contributed by atoms with Gasteiger partial charge in [-0.15, -0.1) is 0 Å². The Morgan fingerprint density at radius 2 is 1.67 bits per heavy atom. The summed E-state index contributed by atoms with van der Waals surface area (Å²) in [5.74, 6) is -0.952. The lowest BCUT2D eigenvalue weighted by Crippen LogP contribution is -2.38. The number of sulfonamides is 1. The Labute approximate surface area is 159 Å². The van der Waals surface area contributed by atoms with E-state index in [4.69, 9.17) is 4.74 Å². The third-order valence-corrected chi connectivity index (χ3v) is 5.17. The van der Waals surface area contributed by atoms with Crippen LogP contribution in [0.25, 0.3) is 0 Å². The third-order valence-electron chi connectivity index (χ3n) is 3.91. The van der Waals surface area contributed by atoms with Gasteiger partial charge in [0.25, 0.3) is 0 Å². The van der Waals surface area contributed by atoms with Crippen LogP contribution in [0.2, 0.25) is 0 Å². The highest BCUT2D eigenvalue weighted by Gasteiger charge is 2.30. The van der Waals surface area contributed by atoms with E-state index in [0.717, 1.165) is 10.6 Å². The highest BCUT2D eigenvalue weighted by atomic mass is 32.2. The fourth-order valence-corrected chi connectivity index (χ4v) is 3.07. The number of likely N-dealkylation sites (N-methyl/N-ethyl adjacent to an activating group) is 1. The van der Waals surface area contributed by atoms with Crippen molar-refractivity contribution in [1.82, 2.24) is 4.31 Å². The molecule has 144 valence electrons. The largest absolute Gasteiger partial charge is 0.462 e. The van der Waals surface area contributed by atoms with Crippen molar-refractivity contribution < 1.29 is 22.7 Å². The topological polar surface area (TPSA) is 92.8 Å². The van der Waals surface area contributed by atoms with Gasteiger partial charge in [0, 0.05) is 12.7 Å². The number of anilines is 1. The van der Waals surface area contributed by atoms with Gasteiger partial charge in [-0.3, -0.25) is 4.79 Å². The van der Waals surface area contributed by atoms with Gasteiger partial charge in [-0.05, 0) is 36.8 Å². The minimum Gasteiger partial charge on any atom is -0.462 e. The summed E-state index contributed by atoms with van der Waals surface area (Å²) in [6, 6.07) is 13.8. The molecule has 0 saturated heterocycles. The van der Waals surface area contributed by atoms with Crippen LogP contribution in [0.4, 0.5) is 5.69 Å². The van der Waals surface area contributed by atoms with Gasteiger partial charge in [0.05, 0.1) is 18.4 Å². The van der Waals surface area contributed by atoms with Crippen molar-refractivity contribution in [2.75, 3.05) is 25.2 Å². The van der Waals surface area contributed by atoms with Crippen molar-refractivity contribution in [3.8, 4) is 0 Å². The lowest BCUT2D eigenvalue weighted by Gasteiger charge is -2.25. The zero-order valence-corrected chi connectivity index (χ0v) is 16.2. The molecular formula is C19H22N2O5S. The van der Waals surface area contributed by atoms with Gasteiger partial charge in [0.15, 0.2) is 0 Å².